The van der Waals surface area contributed by atoms with Gasteiger partial charge in [0.2, 0.25) is 11.8 Å². The molecule has 0 radical (unpaired) electrons. The number of hydrogen-bond acceptors (Lipinski definition) is 4. The first-order valence-electron chi connectivity index (χ1n) is 7.67. The molecule has 0 spiro atoms. The highest BCUT2D eigenvalue weighted by atomic mass is 16.5. The number of morpholine rings is 1. The standard InChI is InChI=1S/C14H23N3O3/c18-13(16-10-4-5-10)12-9-20-8-7-17(12)14(19)11-3-1-2-6-15-11/h10-12,15H,1-9H2,(H,16,18). The second-order valence-electron chi connectivity index (χ2n) is 5.91. The number of carbonyl (C=O) groups excluding carboxylic acids is 2. The Hall–Kier alpha value is -1.14. The van der Waals surface area contributed by atoms with Crippen molar-refractivity contribution in [2.24, 2.45) is 0 Å². The minimum atomic E-state index is -0.458. The molecule has 3 fully saturated rings. The molecule has 6 heteroatoms. The van der Waals surface area contributed by atoms with E-state index in [0.717, 1.165) is 38.6 Å². The van der Waals surface area contributed by atoms with Crippen LogP contribution in [0.2, 0.25) is 0 Å². The molecule has 2 amide bonds. The molecule has 0 aromatic heterocycles. The summed E-state index contributed by atoms with van der Waals surface area (Å²) in [4.78, 5) is 26.6. The molecule has 2 unspecified atom stereocenters. The second-order valence-corrected chi connectivity index (χ2v) is 5.91. The lowest BCUT2D eigenvalue weighted by molar-refractivity contribution is -0.150. The van der Waals surface area contributed by atoms with Gasteiger partial charge in [-0.2, -0.15) is 0 Å². The normalized spacial score (nSPS) is 30.9. The van der Waals surface area contributed by atoms with Crippen molar-refractivity contribution in [2.75, 3.05) is 26.3 Å². The summed E-state index contributed by atoms with van der Waals surface area (Å²) in [6.45, 7) is 2.24. The van der Waals surface area contributed by atoms with Gasteiger partial charge in [-0.25, -0.2) is 0 Å². The number of ether oxygens (including phenoxy) is 1. The highest BCUT2D eigenvalue weighted by molar-refractivity contribution is 5.90. The lowest BCUT2D eigenvalue weighted by Crippen LogP contribution is -2.60. The Labute approximate surface area is 119 Å². The van der Waals surface area contributed by atoms with Crippen LogP contribution in [0.5, 0.6) is 0 Å². The van der Waals surface area contributed by atoms with Crippen LogP contribution >= 0.6 is 0 Å². The van der Waals surface area contributed by atoms with E-state index in [1.807, 2.05) is 0 Å². The Morgan fingerprint density at radius 3 is 2.75 bits per heavy atom. The van der Waals surface area contributed by atoms with Crippen molar-refractivity contribution in [3.63, 3.8) is 0 Å². The molecule has 0 bridgehead atoms. The van der Waals surface area contributed by atoms with Crippen molar-refractivity contribution in [1.29, 1.82) is 0 Å². The van der Waals surface area contributed by atoms with Crippen LogP contribution in [-0.2, 0) is 14.3 Å². The van der Waals surface area contributed by atoms with E-state index >= 15 is 0 Å². The van der Waals surface area contributed by atoms with Gasteiger partial charge >= 0.3 is 0 Å². The molecule has 112 valence electrons. The third-order valence-electron chi connectivity index (χ3n) is 4.25. The van der Waals surface area contributed by atoms with Crippen molar-refractivity contribution < 1.29 is 14.3 Å². The fourth-order valence-electron chi connectivity index (χ4n) is 2.87. The maximum atomic E-state index is 12.6. The summed E-state index contributed by atoms with van der Waals surface area (Å²) in [6.07, 6.45) is 5.17. The van der Waals surface area contributed by atoms with Gasteiger partial charge in [0.1, 0.15) is 6.04 Å². The van der Waals surface area contributed by atoms with Gasteiger partial charge in [0.25, 0.3) is 0 Å². The fraction of sp³-hybridized carbons (Fsp3) is 0.857. The first-order chi connectivity index (χ1) is 9.75. The van der Waals surface area contributed by atoms with Gasteiger partial charge in [-0.05, 0) is 32.2 Å². The van der Waals surface area contributed by atoms with E-state index in [4.69, 9.17) is 4.74 Å². The Balaban J connectivity index is 1.63. The Kier molecular flexibility index (Phi) is 4.21. The van der Waals surface area contributed by atoms with Crippen LogP contribution in [0.4, 0.5) is 0 Å². The van der Waals surface area contributed by atoms with Crippen LogP contribution in [0.15, 0.2) is 0 Å². The van der Waals surface area contributed by atoms with E-state index in [-0.39, 0.29) is 17.9 Å². The molecule has 2 heterocycles. The SMILES string of the molecule is O=C(NC1CC1)C1COCCN1C(=O)C1CCCCN1. The highest BCUT2D eigenvalue weighted by Crippen LogP contribution is 2.20. The molecular formula is C14H23N3O3. The molecule has 2 aliphatic heterocycles. The maximum Gasteiger partial charge on any atom is 0.245 e. The second kappa shape index (κ2) is 6.10. The number of carbonyl (C=O) groups is 2. The van der Waals surface area contributed by atoms with Gasteiger partial charge in [0.15, 0.2) is 0 Å². The van der Waals surface area contributed by atoms with Crippen LogP contribution in [-0.4, -0.2) is 61.1 Å². The van der Waals surface area contributed by atoms with Gasteiger partial charge in [-0.1, -0.05) is 6.42 Å². The van der Waals surface area contributed by atoms with E-state index in [9.17, 15) is 9.59 Å². The van der Waals surface area contributed by atoms with E-state index in [1.165, 1.54) is 0 Å². The van der Waals surface area contributed by atoms with Crippen LogP contribution in [0.25, 0.3) is 0 Å². The van der Waals surface area contributed by atoms with Gasteiger partial charge in [-0.15, -0.1) is 0 Å². The van der Waals surface area contributed by atoms with E-state index < -0.39 is 6.04 Å². The average molecular weight is 281 g/mol. The molecule has 0 aromatic rings. The van der Waals surface area contributed by atoms with Gasteiger partial charge < -0.3 is 20.3 Å². The van der Waals surface area contributed by atoms with Crippen molar-refractivity contribution in [2.45, 2.75) is 50.2 Å². The molecular weight excluding hydrogens is 258 g/mol. The lowest BCUT2D eigenvalue weighted by atomic mass is 10.0. The molecule has 3 rings (SSSR count). The van der Waals surface area contributed by atoms with Gasteiger partial charge in [0, 0.05) is 12.6 Å². The predicted octanol–water partition coefficient (Wildman–Crippen LogP) is -0.365. The third kappa shape index (κ3) is 3.12. The quantitative estimate of drug-likeness (QED) is 0.741. The lowest BCUT2D eigenvalue weighted by Gasteiger charge is -2.37. The summed E-state index contributed by atoms with van der Waals surface area (Å²) < 4.78 is 5.40. The van der Waals surface area contributed by atoms with Gasteiger partial charge in [0.05, 0.1) is 19.3 Å². The number of amides is 2. The van der Waals surface area contributed by atoms with Crippen molar-refractivity contribution >= 4 is 11.8 Å². The fourth-order valence-corrected chi connectivity index (χ4v) is 2.87. The number of nitrogens with zero attached hydrogens (tertiary/aromatic N) is 1. The van der Waals surface area contributed by atoms with Gasteiger partial charge in [-0.3, -0.25) is 9.59 Å². The average Bonchev–Trinajstić information content (AvgIpc) is 3.31. The summed E-state index contributed by atoms with van der Waals surface area (Å²) in [5, 5.41) is 6.24. The highest BCUT2D eigenvalue weighted by Gasteiger charge is 2.38. The number of nitrogens with one attached hydrogen (secondary N) is 2. The summed E-state index contributed by atoms with van der Waals surface area (Å²) in [6, 6.07) is -0.271. The third-order valence-corrected chi connectivity index (χ3v) is 4.25. The zero-order chi connectivity index (χ0) is 13.9. The first-order valence-corrected chi connectivity index (χ1v) is 7.67. The Morgan fingerprint density at radius 2 is 2.05 bits per heavy atom. The topological polar surface area (TPSA) is 70.7 Å². The number of piperidine rings is 1. The van der Waals surface area contributed by atoms with Crippen LogP contribution < -0.4 is 10.6 Å². The minimum absolute atomic E-state index is 0.0589. The van der Waals surface area contributed by atoms with E-state index in [1.54, 1.807) is 4.90 Å². The molecule has 0 aromatic carbocycles. The first kappa shape index (κ1) is 13.8. The molecule has 6 nitrogen and oxygen atoms in total. The molecule has 2 atom stereocenters. The van der Waals surface area contributed by atoms with Crippen LogP contribution in [0.1, 0.15) is 32.1 Å². The van der Waals surface area contributed by atoms with Crippen LogP contribution in [0.3, 0.4) is 0 Å². The maximum absolute atomic E-state index is 12.6. The largest absolute Gasteiger partial charge is 0.377 e. The molecule has 2 saturated heterocycles. The minimum Gasteiger partial charge on any atom is -0.377 e. The Bertz CT molecular complexity index is 378. The summed E-state index contributed by atoms with van der Waals surface area (Å²) in [5.41, 5.74) is 0. The molecule has 20 heavy (non-hydrogen) atoms. The van der Waals surface area contributed by atoms with E-state index in [0.29, 0.717) is 25.8 Å². The summed E-state index contributed by atoms with van der Waals surface area (Å²) >= 11 is 0. The van der Waals surface area contributed by atoms with Crippen molar-refractivity contribution in [1.82, 2.24) is 15.5 Å². The zero-order valence-electron chi connectivity index (χ0n) is 11.8. The van der Waals surface area contributed by atoms with Crippen molar-refractivity contribution in [3.05, 3.63) is 0 Å². The molecule has 1 saturated carbocycles. The Morgan fingerprint density at radius 1 is 1.20 bits per heavy atom. The number of rotatable bonds is 3. The monoisotopic (exact) mass is 281 g/mol. The smallest absolute Gasteiger partial charge is 0.245 e. The molecule has 1 aliphatic carbocycles. The van der Waals surface area contributed by atoms with E-state index in [2.05, 4.69) is 10.6 Å². The summed E-state index contributed by atoms with van der Waals surface area (Å²) in [7, 11) is 0. The number of hydrogen-bond donors (Lipinski definition) is 2. The predicted molar refractivity (Wildman–Crippen MR) is 73.1 cm³/mol. The molecule has 3 aliphatic rings. The van der Waals surface area contributed by atoms with Crippen LogP contribution in [0, 0.1) is 0 Å². The zero-order valence-corrected chi connectivity index (χ0v) is 11.8. The van der Waals surface area contributed by atoms with Crippen molar-refractivity contribution in [3.8, 4) is 0 Å². The molecule has 2 N–H and O–H groups in total. The summed E-state index contributed by atoms with van der Waals surface area (Å²) in [5.74, 6) is 0.000284.